The molecule has 0 aromatic heterocycles. The quantitative estimate of drug-likeness (QED) is 0.833. The summed E-state index contributed by atoms with van der Waals surface area (Å²) in [6.07, 6.45) is -8.01. The highest BCUT2D eigenvalue weighted by Crippen LogP contribution is 2.41. The van der Waals surface area contributed by atoms with Crippen LogP contribution in [-0.4, -0.2) is 37.5 Å². The molecule has 1 N–H and O–H groups in total. The lowest BCUT2D eigenvalue weighted by molar-refractivity contribution is -0.139. The molecule has 0 aliphatic carbocycles. The highest BCUT2D eigenvalue weighted by molar-refractivity contribution is 6.31. The number of benzene rings is 1. The number of nitrogens with zero attached hydrogens (tertiary/aromatic N) is 1. The molecule has 1 fully saturated rings. The fraction of sp³-hybridized carbons (Fsp3) is 0.571. The van der Waals surface area contributed by atoms with Crippen LogP contribution in [0.1, 0.15) is 23.6 Å². The Morgan fingerprint density at radius 3 is 2.36 bits per heavy atom. The summed E-state index contributed by atoms with van der Waals surface area (Å²) in [6.45, 7) is 1.90. The van der Waals surface area contributed by atoms with Crippen LogP contribution in [0.2, 0.25) is 5.02 Å². The van der Waals surface area contributed by atoms with Gasteiger partial charge in [-0.25, -0.2) is 8.78 Å². The summed E-state index contributed by atoms with van der Waals surface area (Å²) >= 11 is 5.95. The van der Waals surface area contributed by atoms with Gasteiger partial charge < -0.3 is 5.32 Å². The van der Waals surface area contributed by atoms with Gasteiger partial charge in [-0.2, -0.15) is 13.2 Å². The zero-order chi connectivity index (χ0) is 16.3. The van der Waals surface area contributed by atoms with Crippen molar-refractivity contribution in [3.05, 3.63) is 34.3 Å². The van der Waals surface area contributed by atoms with Crippen molar-refractivity contribution in [2.24, 2.45) is 0 Å². The molecule has 1 aromatic rings. The van der Waals surface area contributed by atoms with Crippen molar-refractivity contribution in [3.8, 4) is 0 Å². The third kappa shape index (κ3) is 4.08. The van der Waals surface area contributed by atoms with Crippen molar-refractivity contribution in [2.45, 2.75) is 25.1 Å². The maximum Gasteiger partial charge on any atom is 0.416 e. The molecular formula is C14H16ClF5N2. The Bertz CT molecular complexity index is 500. The highest BCUT2D eigenvalue weighted by atomic mass is 35.5. The first-order chi connectivity index (χ1) is 10.3. The molecular weight excluding hydrogens is 327 g/mol. The normalized spacial score (nSPS) is 18.7. The van der Waals surface area contributed by atoms with Gasteiger partial charge in [0.1, 0.15) is 0 Å². The summed E-state index contributed by atoms with van der Waals surface area (Å²) in [5.41, 5.74) is -1.19. The molecule has 1 aliphatic rings. The molecule has 1 atom stereocenters. The van der Waals surface area contributed by atoms with E-state index in [-0.39, 0.29) is 10.6 Å². The summed E-state index contributed by atoms with van der Waals surface area (Å²) in [5, 5.41) is 2.92. The standard InChI is InChI=1S/C14H16ClF5N2/c15-10-3-1-2-9(14(18,19)20)13(10)11(8-12(16)17)22-6-4-21-5-7-22/h1-3,11-12,21H,4-8H2/t11-/m0/s1. The Morgan fingerprint density at radius 1 is 1.18 bits per heavy atom. The molecule has 8 heteroatoms. The molecule has 0 spiro atoms. The van der Waals surface area contributed by atoms with Gasteiger partial charge in [0, 0.05) is 49.2 Å². The first-order valence-corrected chi connectivity index (χ1v) is 7.27. The second-order valence-corrected chi connectivity index (χ2v) is 5.53. The fourth-order valence-corrected chi connectivity index (χ4v) is 3.04. The average Bonchev–Trinajstić information content (AvgIpc) is 2.44. The van der Waals surface area contributed by atoms with E-state index < -0.39 is 30.6 Å². The van der Waals surface area contributed by atoms with Gasteiger partial charge in [0.05, 0.1) is 5.56 Å². The van der Waals surface area contributed by atoms with Crippen LogP contribution in [0.25, 0.3) is 0 Å². The number of rotatable bonds is 4. The molecule has 2 rings (SSSR count). The molecule has 1 heterocycles. The van der Waals surface area contributed by atoms with Crippen LogP contribution in [0.4, 0.5) is 22.0 Å². The number of piperazine rings is 1. The van der Waals surface area contributed by atoms with Gasteiger partial charge in [-0.05, 0) is 12.1 Å². The van der Waals surface area contributed by atoms with Crippen LogP contribution in [0.3, 0.4) is 0 Å². The average molecular weight is 343 g/mol. The fourth-order valence-electron chi connectivity index (χ4n) is 2.73. The van der Waals surface area contributed by atoms with Crippen LogP contribution in [0.15, 0.2) is 18.2 Å². The van der Waals surface area contributed by atoms with E-state index in [1.54, 1.807) is 4.90 Å². The van der Waals surface area contributed by atoms with Crippen LogP contribution in [0, 0.1) is 0 Å². The number of alkyl halides is 5. The van der Waals surface area contributed by atoms with Gasteiger partial charge in [0.2, 0.25) is 6.43 Å². The topological polar surface area (TPSA) is 15.3 Å². The van der Waals surface area contributed by atoms with E-state index in [0.29, 0.717) is 26.2 Å². The summed E-state index contributed by atoms with van der Waals surface area (Å²) in [7, 11) is 0. The number of nitrogens with one attached hydrogen (secondary N) is 1. The van der Waals surface area contributed by atoms with Crippen molar-refractivity contribution in [1.29, 1.82) is 0 Å². The van der Waals surface area contributed by atoms with Crippen molar-refractivity contribution < 1.29 is 22.0 Å². The molecule has 1 saturated heterocycles. The molecule has 0 bridgehead atoms. The maximum atomic E-state index is 13.2. The van der Waals surface area contributed by atoms with Gasteiger partial charge in [-0.3, -0.25) is 4.90 Å². The van der Waals surface area contributed by atoms with Crippen molar-refractivity contribution in [1.82, 2.24) is 10.2 Å². The minimum atomic E-state index is -4.63. The van der Waals surface area contributed by atoms with Crippen molar-refractivity contribution in [2.75, 3.05) is 26.2 Å². The lowest BCUT2D eigenvalue weighted by Gasteiger charge is -2.36. The Balaban J connectivity index is 2.46. The van der Waals surface area contributed by atoms with Crippen LogP contribution in [0.5, 0.6) is 0 Å². The third-order valence-corrected chi connectivity index (χ3v) is 4.01. The smallest absolute Gasteiger partial charge is 0.314 e. The van der Waals surface area contributed by atoms with Gasteiger partial charge in [0.15, 0.2) is 0 Å². The summed E-state index contributed by atoms with van der Waals surface area (Å²) in [6, 6.07) is 2.34. The van der Waals surface area contributed by atoms with Crippen LogP contribution < -0.4 is 5.32 Å². The Kier molecular flexibility index (Phi) is 5.63. The molecule has 124 valence electrons. The summed E-state index contributed by atoms with van der Waals surface area (Å²) < 4.78 is 65.5. The zero-order valence-electron chi connectivity index (χ0n) is 11.6. The highest BCUT2D eigenvalue weighted by Gasteiger charge is 2.38. The Hall–Kier alpha value is -0.920. The summed E-state index contributed by atoms with van der Waals surface area (Å²) in [5.74, 6) is 0. The molecule has 0 saturated carbocycles. The zero-order valence-corrected chi connectivity index (χ0v) is 12.4. The maximum absolute atomic E-state index is 13.2. The lowest BCUT2D eigenvalue weighted by atomic mass is 9.95. The van der Waals surface area contributed by atoms with E-state index >= 15 is 0 Å². The van der Waals surface area contributed by atoms with Gasteiger partial charge in [-0.1, -0.05) is 17.7 Å². The minimum absolute atomic E-state index is 0.126. The monoisotopic (exact) mass is 342 g/mol. The first-order valence-electron chi connectivity index (χ1n) is 6.89. The van der Waals surface area contributed by atoms with E-state index in [4.69, 9.17) is 11.6 Å². The van der Waals surface area contributed by atoms with E-state index in [2.05, 4.69) is 5.32 Å². The van der Waals surface area contributed by atoms with Crippen molar-refractivity contribution in [3.63, 3.8) is 0 Å². The predicted octanol–water partition coefficient (Wildman–Crippen LogP) is 3.96. The van der Waals surface area contributed by atoms with Crippen molar-refractivity contribution >= 4 is 11.6 Å². The molecule has 0 amide bonds. The Morgan fingerprint density at radius 2 is 1.82 bits per heavy atom. The van der Waals surface area contributed by atoms with E-state index in [0.717, 1.165) is 6.07 Å². The number of hydrogen-bond donors (Lipinski definition) is 1. The van der Waals surface area contributed by atoms with Gasteiger partial charge >= 0.3 is 6.18 Å². The second kappa shape index (κ2) is 7.10. The molecule has 1 aromatic carbocycles. The number of hydrogen-bond acceptors (Lipinski definition) is 2. The predicted molar refractivity (Wildman–Crippen MR) is 74.3 cm³/mol. The van der Waals surface area contributed by atoms with Crippen LogP contribution >= 0.6 is 11.6 Å². The first kappa shape index (κ1) is 17.4. The van der Waals surface area contributed by atoms with Gasteiger partial charge in [0.25, 0.3) is 0 Å². The van der Waals surface area contributed by atoms with E-state index in [1.165, 1.54) is 12.1 Å². The largest absolute Gasteiger partial charge is 0.416 e. The third-order valence-electron chi connectivity index (χ3n) is 3.69. The molecule has 1 aliphatic heterocycles. The molecule has 0 unspecified atom stereocenters. The minimum Gasteiger partial charge on any atom is -0.314 e. The van der Waals surface area contributed by atoms with Gasteiger partial charge in [-0.15, -0.1) is 0 Å². The Labute approximate surface area is 130 Å². The van der Waals surface area contributed by atoms with E-state index in [1.807, 2.05) is 0 Å². The SMILES string of the molecule is FC(F)C[C@@H](c1c(Cl)cccc1C(F)(F)F)N1CCNCC1. The summed E-state index contributed by atoms with van der Waals surface area (Å²) in [4.78, 5) is 1.64. The van der Waals surface area contributed by atoms with Crippen LogP contribution in [-0.2, 0) is 6.18 Å². The second-order valence-electron chi connectivity index (χ2n) is 5.13. The van der Waals surface area contributed by atoms with E-state index in [9.17, 15) is 22.0 Å². The molecule has 2 nitrogen and oxygen atoms in total. The lowest BCUT2D eigenvalue weighted by Crippen LogP contribution is -2.46. The molecule has 22 heavy (non-hydrogen) atoms. The number of halogens is 6. The molecule has 0 radical (unpaired) electrons.